The summed E-state index contributed by atoms with van der Waals surface area (Å²) >= 11 is 0. The van der Waals surface area contributed by atoms with Gasteiger partial charge in [-0.1, -0.05) is 0 Å². The van der Waals surface area contributed by atoms with Crippen molar-refractivity contribution >= 4 is 12.1 Å². The molecule has 7 heteroatoms. The lowest BCUT2D eigenvalue weighted by Gasteiger charge is -2.24. The van der Waals surface area contributed by atoms with Crippen molar-refractivity contribution in [3.05, 3.63) is 0 Å². The lowest BCUT2D eigenvalue weighted by atomic mass is 10.0. The standard InChI is InChI=1S/C12H19F2NO4/c1-11(2,3)19-10(18)15-5-4-8(7-15)6-12(13,14)9(16)17/h8H,4-7H2,1-3H3,(H,16,17). The minimum atomic E-state index is -3.74. The van der Waals surface area contributed by atoms with Crippen molar-refractivity contribution in [3.8, 4) is 0 Å². The van der Waals surface area contributed by atoms with Crippen LogP contribution in [0.3, 0.4) is 0 Å². The molecule has 0 bridgehead atoms. The van der Waals surface area contributed by atoms with Crippen molar-refractivity contribution < 1.29 is 28.2 Å². The first-order chi connectivity index (χ1) is 8.51. The molecule has 1 atom stereocenters. The number of carboxylic acids is 1. The zero-order valence-electron chi connectivity index (χ0n) is 11.3. The summed E-state index contributed by atoms with van der Waals surface area (Å²) in [5.74, 6) is -6.38. The number of nitrogens with zero attached hydrogens (tertiary/aromatic N) is 1. The molecule has 1 rings (SSSR count). The fourth-order valence-corrected chi connectivity index (χ4v) is 1.94. The van der Waals surface area contributed by atoms with Crippen LogP contribution in [0.5, 0.6) is 0 Å². The second-order valence-electron chi connectivity index (χ2n) is 5.79. The predicted octanol–water partition coefficient (Wildman–Crippen LogP) is 2.35. The first kappa shape index (κ1) is 15.7. The number of aliphatic carboxylic acids is 1. The maximum Gasteiger partial charge on any atom is 0.410 e. The molecule has 1 N–H and O–H groups in total. The fraction of sp³-hybridized carbons (Fsp3) is 0.833. The highest BCUT2D eigenvalue weighted by atomic mass is 19.3. The molecule has 1 unspecified atom stereocenters. The Labute approximate surface area is 110 Å². The number of ether oxygens (including phenoxy) is 1. The molecule has 19 heavy (non-hydrogen) atoms. The fourth-order valence-electron chi connectivity index (χ4n) is 1.94. The molecule has 110 valence electrons. The minimum absolute atomic E-state index is 0.109. The average Bonchev–Trinajstić information content (AvgIpc) is 2.62. The zero-order valence-corrected chi connectivity index (χ0v) is 11.3. The van der Waals surface area contributed by atoms with Gasteiger partial charge in [0, 0.05) is 19.5 Å². The number of carbonyl (C=O) groups excluding carboxylic acids is 1. The predicted molar refractivity (Wildman–Crippen MR) is 63.1 cm³/mol. The van der Waals surface area contributed by atoms with Gasteiger partial charge in [0.15, 0.2) is 0 Å². The van der Waals surface area contributed by atoms with Gasteiger partial charge in [0.2, 0.25) is 0 Å². The number of hydrogen-bond donors (Lipinski definition) is 1. The third-order valence-corrected chi connectivity index (χ3v) is 2.80. The molecule has 0 aromatic rings. The van der Waals surface area contributed by atoms with E-state index < -0.39 is 35.9 Å². The van der Waals surface area contributed by atoms with Crippen LogP contribution in [0, 0.1) is 5.92 Å². The number of halogens is 2. The van der Waals surface area contributed by atoms with E-state index in [1.165, 1.54) is 4.90 Å². The van der Waals surface area contributed by atoms with Gasteiger partial charge in [-0.05, 0) is 33.1 Å². The Morgan fingerprint density at radius 2 is 1.95 bits per heavy atom. The Kier molecular flexibility index (Phi) is 4.37. The number of carboxylic acid groups (broad SMARTS) is 1. The molecule has 5 nitrogen and oxygen atoms in total. The van der Waals surface area contributed by atoms with Crippen LogP contribution in [0.25, 0.3) is 0 Å². The molecule has 1 aliphatic rings. The molecule has 1 heterocycles. The largest absolute Gasteiger partial charge is 0.477 e. The van der Waals surface area contributed by atoms with Gasteiger partial charge in [0.25, 0.3) is 0 Å². The molecule has 1 amide bonds. The second kappa shape index (κ2) is 5.30. The molecule has 1 fully saturated rings. The van der Waals surface area contributed by atoms with Crippen LogP contribution in [-0.2, 0) is 9.53 Å². The third kappa shape index (κ3) is 4.65. The number of alkyl halides is 2. The van der Waals surface area contributed by atoms with E-state index in [1.54, 1.807) is 20.8 Å². The van der Waals surface area contributed by atoms with Crippen LogP contribution < -0.4 is 0 Å². The average molecular weight is 279 g/mol. The summed E-state index contributed by atoms with van der Waals surface area (Å²) < 4.78 is 31.3. The summed E-state index contributed by atoms with van der Waals surface area (Å²) in [4.78, 5) is 23.4. The highest BCUT2D eigenvalue weighted by Gasteiger charge is 2.43. The monoisotopic (exact) mass is 279 g/mol. The smallest absolute Gasteiger partial charge is 0.410 e. The van der Waals surface area contributed by atoms with Gasteiger partial charge in [0.1, 0.15) is 5.60 Å². The van der Waals surface area contributed by atoms with Crippen molar-refractivity contribution in [2.24, 2.45) is 5.92 Å². The van der Waals surface area contributed by atoms with E-state index in [2.05, 4.69) is 0 Å². The van der Waals surface area contributed by atoms with Crippen LogP contribution >= 0.6 is 0 Å². The van der Waals surface area contributed by atoms with Crippen LogP contribution in [-0.4, -0.2) is 46.7 Å². The topological polar surface area (TPSA) is 66.8 Å². The Hall–Kier alpha value is -1.40. The molecule has 0 radical (unpaired) electrons. The first-order valence-electron chi connectivity index (χ1n) is 6.10. The number of amides is 1. The molecule has 1 aliphatic heterocycles. The van der Waals surface area contributed by atoms with Gasteiger partial charge in [-0.3, -0.25) is 0 Å². The number of rotatable bonds is 3. The van der Waals surface area contributed by atoms with Gasteiger partial charge in [-0.2, -0.15) is 8.78 Å². The normalized spacial score (nSPS) is 20.5. The molecular formula is C12H19F2NO4. The highest BCUT2D eigenvalue weighted by molar-refractivity contribution is 5.75. The van der Waals surface area contributed by atoms with E-state index in [1.807, 2.05) is 0 Å². The Bertz CT molecular complexity index is 365. The van der Waals surface area contributed by atoms with Crippen molar-refractivity contribution in [3.63, 3.8) is 0 Å². The molecule has 0 saturated carbocycles. The van der Waals surface area contributed by atoms with Crippen LogP contribution in [0.1, 0.15) is 33.6 Å². The maximum atomic E-state index is 13.1. The van der Waals surface area contributed by atoms with Crippen molar-refractivity contribution in [1.82, 2.24) is 4.90 Å². The summed E-state index contributed by atoms with van der Waals surface area (Å²) in [6.07, 6.45) is -0.933. The van der Waals surface area contributed by atoms with Gasteiger partial charge >= 0.3 is 18.0 Å². The molecule has 0 aliphatic carbocycles. The lowest BCUT2D eigenvalue weighted by molar-refractivity contribution is -0.167. The van der Waals surface area contributed by atoms with E-state index >= 15 is 0 Å². The van der Waals surface area contributed by atoms with Crippen molar-refractivity contribution in [1.29, 1.82) is 0 Å². The third-order valence-electron chi connectivity index (χ3n) is 2.80. The Morgan fingerprint density at radius 3 is 2.42 bits per heavy atom. The molecule has 0 spiro atoms. The first-order valence-corrected chi connectivity index (χ1v) is 6.10. The van der Waals surface area contributed by atoms with Crippen LogP contribution in [0.4, 0.5) is 13.6 Å². The number of carbonyl (C=O) groups is 2. The molecule has 0 aromatic heterocycles. The Balaban J connectivity index is 2.50. The van der Waals surface area contributed by atoms with E-state index in [0.717, 1.165) is 0 Å². The van der Waals surface area contributed by atoms with E-state index in [0.29, 0.717) is 13.0 Å². The van der Waals surface area contributed by atoms with Crippen LogP contribution in [0.2, 0.25) is 0 Å². The Morgan fingerprint density at radius 1 is 1.37 bits per heavy atom. The molecule has 1 saturated heterocycles. The summed E-state index contributed by atoms with van der Waals surface area (Å²) in [5.41, 5.74) is -0.639. The molecule has 0 aromatic carbocycles. The second-order valence-corrected chi connectivity index (χ2v) is 5.79. The maximum absolute atomic E-state index is 13.1. The van der Waals surface area contributed by atoms with Crippen molar-refractivity contribution in [2.45, 2.75) is 45.1 Å². The van der Waals surface area contributed by atoms with Gasteiger partial charge in [-0.25, -0.2) is 9.59 Å². The lowest BCUT2D eigenvalue weighted by Crippen LogP contribution is -2.36. The van der Waals surface area contributed by atoms with Gasteiger partial charge in [-0.15, -0.1) is 0 Å². The van der Waals surface area contributed by atoms with E-state index in [-0.39, 0.29) is 6.54 Å². The number of likely N-dealkylation sites (tertiary alicyclic amines) is 1. The highest BCUT2D eigenvalue weighted by Crippen LogP contribution is 2.30. The van der Waals surface area contributed by atoms with E-state index in [4.69, 9.17) is 9.84 Å². The quantitative estimate of drug-likeness (QED) is 0.861. The van der Waals surface area contributed by atoms with Gasteiger partial charge < -0.3 is 14.7 Å². The van der Waals surface area contributed by atoms with Crippen LogP contribution in [0.15, 0.2) is 0 Å². The SMILES string of the molecule is CC(C)(C)OC(=O)N1CCC(CC(F)(F)C(=O)O)C1. The summed E-state index contributed by atoms with van der Waals surface area (Å²) in [6, 6.07) is 0. The minimum Gasteiger partial charge on any atom is -0.477 e. The van der Waals surface area contributed by atoms with Gasteiger partial charge in [0.05, 0.1) is 0 Å². The van der Waals surface area contributed by atoms with E-state index in [9.17, 15) is 18.4 Å². The van der Waals surface area contributed by atoms with Crippen molar-refractivity contribution in [2.75, 3.05) is 13.1 Å². The number of hydrogen-bond acceptors (Lipinski definition) is 3. The summed E-state index contributed by atoms with van der Waals surface area (Å²) in [7, 11) is 0. The molecular weight excluding hydrogens is 260 g/mol. The zero-order chi connectivity index (χ0) is 14.8. The summed E-state index contributed by atoms with van der Waals surface area (Å²) in [5, 5.41) is 8.37. The summed E-state index contributed by atoms with van der Waals surface area (Å²) in [6.45, 7) is 5.58.